The molecule has 1 amide bonds. The van der Waals surface area contributed by atoms with Gasteiger partial charge in [0.25, 0.3) is 0 Å². The Labute approximate surface area is 118 Å². The Balaban J connectivity index is 1.64. The Bertz CT molecular complexity index is 434. The van der Waals surface area contributed by atoms with Crippen molar-refractivity contribution < 1.29 is 4.79 Å². The Morgan fingerprint density at radius 3 is 3.05 bits per heavy atom. The van der Waals surface area contributed by atoms with Crippen molar-refractivity contribution in [2.75, 3.05) is 26.2 Å². The zero-order chi connectivity index (χ0) is 13.2. The molecule has 2 N–H and O–H groups in total. The Kier molecular flexibility index (Phi) is 3.86. The van der Waals surface area contributed by atoms with Crippen molar-refractivity contribution in [2.24, 2.45) is 5.73 Å². The van der Waals surface area contributed by atoms with Gasteiger partial charge in [0.2, 0.25) is 5.91 Å². The van der Waals surface area contributed by atoms with E-state index in [4.69, 9.17) is 5.73 Å². The molecule has 5 heteroatoms. The van der Waals surface area contributed by atoms with E-state index in [9.17, 15) is 4.79 Å². The number of rotatable bonds is 2. The quantitative estimate of drug-likeness (QED) is 0.891. The van der Waals surface area contributed by atoms with Crippen LogP contribution in [-0.2, 0) is 4.79 Å². The molecule has 0 spiro atoms. The molecule has 0 radical (unpaired) electrons. The van der Waals surface area contributed by atoms with Gasteiger partial charge in [0, 0.05) is 30.6 Å². The third kappa shape index (κ3) is 2.68. The summed E-state index contributed by atoms with van der Waals surface area (Å²) in [6.45, 7) is 3.89. The maximum absolute atomic E-state index is 12.5. The minimum Gasteiger partial charge on any atom is -0.338 e. The van der Waals surface area contributed by atoms with Crippen LogP contribution >= 0.6 is 11.3 Å². The molecule has 0 bridgehead atoms. The number of hydrogen-bond acceptors (Lipinski definition) is 4. The lowest BCUT2D eigenvalue weighted by molar-refractivity contribution is -0.136. The zero-order valence-corrected chi connectivity index (χ0v) is 11.9. The fourth-order valence-electron chi connectivity index (χ4n) is 3.14. The van der Waals surface area contributed by atoms with E-state index in [2.05, 4.69) is 4.90 Å². The van der Waals surface area contributed by atoms with Crippen molar-refractivity contribution in [3.8, 4) is 0 Å². The van der Waals surface area contributed by atoms with Gasteiger partial charge in [-0.3, -0.25) is 9.69 Å². The van der Waals surface area contributed by atoms with Gasteiger partial charge in [-0.15, -0.1) is 11.3 Å². The lowest BCUT2D eigenvalue weighted by Crippen LogP contribution is -2.57. The number of carbonyl (C=O) groups is 1. The van der Waals surface area contributed by atoms with Crippen LogP contribution in [0.4, 0.5) is 0 Å². The van der Waals surface area contributed by atoms with Crippen LogP contribution in [0.15, 0.2) is 17.5 Å². The highest BCUT2D eigenvalue weighted by Crippen LogP contribution is 2.24. The summed E-state index contributed by atoms with van der Waals surface area (Å²) in [6.07, 6.45) is 3.82. The second-order valence-electron chi connectivity index (χ2n) is 5.46. The summed E-state index contributed by atoms with van der Waals surface area (Å²) in [5, 5.41) is 1.97. The van der Waals surface area contributed by atoms with E-state index in [1.165, 1.54) is 25.8 Å². The number of thiophene rings is 1. The average molecular weight is 279 g/mol. The van der Waals surface area contributed by atoms with E-state index >= 15 is 0 Å². The lowest BCUT2D eigenvalue weighted by atomic mass is 9.99. The SMILES string of the molecule is NC(C(=O)N1CCN2CCCCC2C1)c1cccs1. The average Bonchev–Trinajstić information content (AvgIpc) is 2.99. The predicted octanol–water partition coefficient (Wildman–Crippen LogP) is 1.44. The molecule has 0 aromatic carbocycles. The van der Waals surface area contributed by atoms with E-state index in [-0.39, 0.29) is 5.91 Å². The molecule has 2 fully saturated rings. The zero-order valence-electron chi connectivity index (χ0n) is 11.1. The van der Waals surface area contributed by atoms with E-state index in [0.29, 0.717) is 6.04 Å². The normalized spacial score (nSPS) is 25.9. The molecular weight excluding hydrogens is 258 g/mol. The fourth-order valence-corrected chi connectivity index (χ4v) is 3.86. The number of nitrogens with two attached hydrogens (primary N) is 1. The van der Waals surface area contributed by atoms with Crippen molar-refractivity contribution in [3.63, 3.8) is 0 Å². The summed E-state index contributed by atoms with van der Waals surface area (Å²) in [5.74, 6) is 0.0904. The molecule has 104 valence electrons. The van der Waals surface area contributed by atoms with Crippen LogP contribution in [0.2, 0.25) is 0 Å². The predicted molar refractivity (Wildman–Crippen MR) is 77.0 cm³/mol. The number of hydrogen-bond donors (Lipinski definition) is 1. The summed E-state index contributed by atoms with van der Waals surface area (Å²) in [7, 11) is 0. The molecule has 0 aliphatic carbocycles. The summed E-state index contributed by atoms with van der Waals surface area (Å²) in [4.78, 5) is 17.9. The van der Waals surface area contributed by atoms with Crippen LogP contribution < -0.4 is 5.73 Å². The van der Waals surface area contributed by atoms with E-state index in [0.717, 1.165) is 24.5 Å². The summed E-state index contributed by atoms with van der Waals surface area (Å²) >= 11 is 1.56. The molecule has 3 heterocycles. The van der Waals surface area contributed by atoms with Crippen LogP contribution in [0.3, 0.4) is 0 Å². The van der Waals surface area contributed by atoms with Crippen molar-refractivity contribution in [1.29, 1.82) is 0 Å². The van der Waals surface area contributed by atoms with Crippen LogP contribution in [0, 0.1) is 0 Å². The Hall–Kier alpha value is -0.910. The fraction of sp³-hybridized carbons (Fsp3) is 0.643. The van der Waals surface area contributed by atoms with Crippen LogP contribution in [0.25, 0.3) is 0 Å². The highest BCUT2D eigenvalue weighted by Gasteiger charge is 2.33. The molecule has 2 atom stereocenters. The van der Waals surface area contributed by atoms with E-state index in [1.807, 2.05) is 22.4 Å². The van der Waals surface area contributed by atoms with Gasteiger partial charge < -0.3 is 10.6 Å². The smallest absolute Gasteiger partial charge is 0.245 e. The molecule has 19 heavy (non-hydrogen) atoms. The van der Waals surface area contributed by atoms with Gasteiger partial charge in [0.15, 0.2) is 0 Å². The van der Waals surface area contributed by atoms with Crippen molar-refractivity contribution in [1.82, 2.24) is 9.80 Å². The summed E-state index contributed by atoms with van der Waals surface area (Å²) in [6, 6.07) is 3.98. The standard InChI is InChI=1S/C14H21N3OS/c15-13(12-5-3-9-19-12)14(18)17-8-7-16-6-2-1-4-11(16)10-17/h3,5,9,11,13H,1-2,4,6-8,10,15H2. The molecule has 1 aromatic rings. The number of piperidine rings is 1. The van der Waals surface area contributed by atoms with E-state index < -0.39 is 6.04 Å². The largest absolute Gasteiger partial charge is 0.338 e. The maximum atomic E-state index is 12.5. The molecule has 0 saturated carbocycles. The molecule has 2 saturated heterocycles. The first-order valence-electron chi connectivity index (χ1n) is 7.07. The van der Waals surface area contributed by atoms with Crippen LogP contribution in [0.5, 0.6) is 0 Å². The Morgan fingerprint density at radius 1 is 1.37 bits per heavy atom. The van der Waals surface area contributed by atoms with Gasteiger partial charge in [-0.2, -0.15) is 0 Å². The molecule has 4 nitrogen and oxygen atoms in total. The number of fused-ring (bicyclic) bond motifs is 1. The summed E-state index contributed by atoms with van der Waals surface area (Å²) in [5.41, 5.74) is 6.09. The highest BCUT2D eigenvalue weighted by atomic mass is 32.1. The topological polar surface area (TPSA) is 49.6 Å². The molecule has 3 rings (SSSR count). The van der Waals surface area contributed by atoms with Crippen molar-refractivity contribution in [2.45, 2.75) is 31.3 Å². The molecule has 2 aliphatic heterocycles. The van der Waals surface area contributed by atoms with Gasteiger partial charge in [-0.1, -0.05) is 12.5 Å². The molecular formula is C14H21N3OS. The summed E-state index contributed by atoms with van der Waals surface area (Å²) < 4.78 is 0. The number of nitrogens with zero attached hydrogens (tertiary/aromatic N) is 2. The number of piperazine rings is 1. The third-order valence-corrected chi connectivity index (χ3v) is 5.22. The van der Waals surface area contributed by atoms with Crippen molar-refractivity contribution >= 4 is 17.2 Å². The first-order valence-corrected chi connectivity index (χ1v) is 7.95. The monoisotopic (exact) mass is 279 g/mol. The van der Waals surface area contributed by atoms with Crippen molar-refractivity contribution in [3.05, 3.63) is 22.4 Å². The Morgan fingerprint density at radius 2 is 2.26 bits per heavy atom. The van der Waals surface area contributed by atoms with Crippen LogP contribution in [-0.4, -0.2) is 47.9 Å². The van der Waals surface area contributed by atoms with Gasteiger partial charge in [-0.25, -0.2) is 0 Å². The third-order valence-electron chi connectivity index (χ3n) is 4.26. The highest BCUT2D eigenvalue weighted by molar-refractivity contribution is 7.10. The maximum Gasteiger partial charge on any atom is 0.245 e. The van der Waals surface area contributed by atoms with E-state index in [1.54, 1.807) is 11.3 Å². The van der Waals surface area contributed by atoms with Gasteiger partial charge in [0.1, 0.15) is 6.04 Å². The first kappa shape index (κ1) is 13.1. The second kappa shape index (κ2) is 5.61. The molecule has 2 unspecified atom stereocenters. The number of amides is 1. The van der Waals surface area contributed by atoms with Gasteiger partial charge >= 0.3 is 0 Å². The van der Waals surface area contributed by atoms with Gasteiger partial charge in [-0.05, 0) is 30.8 Å². The molecule has 2 aliphatic rings. The minimum atomic E-state index is -0.477. The minimum absolute atomic E-state index is 0.0904. The lowest BCUT2D eigenvalue weighted by Gasteiger charge is -2.44. The second-order valence-corrected chi connectivity index (χ2v) is 6.44. The number of carbonyl (C=O) groups excluding carboxylic acids is 1. The van der Waals surface area contributed by atoms with Crippen LogP contribution in [0.1, 0.15) is 30.2 Å². The van der Waals surface area contributed by atoms with Gasteiger partial charge in [0.05, 0.1) is 0 Å². The molecule has 1 aromatic heterocycles. The first-order chi connectivity index (χ1) is 9.25.